The highest BCUT2D eigenvalue weighted by Gasteiger charge is 2.34. The van der Waals surface area contributed by atoms with Crippen molar-refractivity contribution >= 4 is 21.8 Å². The Labute approximate surface area is 222 Å². The zero-order valence-electron chi connectivity index (χ0n) is 20.5. The van der Waals surface area contributed by atoms with Crippen LogP contribution in [0.15, 0.2) is 85.1 Å². The Hall–Kier alpha value is -4.60. The van der Waals surface area contributed by atoms with Crippen LogP contribution in [0.25, 0.3) is 33.1 Å². The average Bonchev–Trinajstić information content (AvgIpc) is 3.47. The van der Waals surface area contributed by atoms with Gasteiger partial charge in [-0.25, -0.2) is 17.6 Å². The van der Waals surface area contributed by atoms with Gasteiger partial charge in [0.2, 0.25) is 0 Å². The zero-order valence-corrected chi connectivity index (χ0v) is 20.5. The van der Waals surface area contributed by atoms with Crippen LogP contribution in [-0.4, -0.2) is 14.3 Å². The summed E-state index contributed by atoms with van der Waals surface area (Å²) in [5.41, 5.74) is -0.238. The first-order chi connectivity index (χ1) is 19.1. The van der Waals surface area contributed by atoms with E-state index in [1.807, 2.05) is 6.07 Å². The Morgan fingerprint density at radius 1 is 0.725 bits per heavy atom. The molecule has 0 radical (unpaired) electrons. The molecule has 6 rings (SSSR count). The lowest BCUT2D eigenvalue weighted by atomic mass is 10.0. The molecule has 4 aromatic carbocycles. The molecule has 2 heterocycles. The second-order valence-electron chi connectivity index (χ2n) is 9.36. The fraction of sp³-hybridized carbons (Fsp3) is 0.100. The van der Waals surface area contributed by atoms with Gasteiger partial charge in [0.05, 0.1) is 24.3 Å². The SMILES string of the molecule is Fc1cc(F)c(Cn2nc3c(C(F)(F)F)cccc3c2-c2ccc3ccn(Cc4ccccc4F)c3c2)c(F)c1. The van der Waals surface area contributed by atoms with Crippen LogP contribution in [0.3, 0.4) is 0 Å². The van der Waals surface area contributed by atoms with E-state index in [1.54, 1.807) is 47.2 Å². The maximum Gasteiger partial charge on any atom is 0.418 e. The van der Waals surface area contributed by atoms with E-state index in [9.17, 15) is 30.7 Å². The topological polar surface area (TPSA) is 22.8 Å². The maximum absolute atomic E-state index is 14.6. The fourth-order valence-corrected chi connectivity index (χ4v) is 4.95. The zero-order chi connectivity index (χ0) is 28.2. The molecule has 0 aliphatic heterocycles. The van der Waals surface area contributed by atoms with E-state index in [1.165, 1.54) is 18.2 Å². The van der Waals surface area contributed by atoms with Crippen molar-refractivity contribution in [3.8, 4) is 11.3 Å². The van der Waals surface area contributed by atoms with Gasteiger partial charge in [-0.1, -0.05) is 42.5 Å². The maximum atomic E-state index is 14.6. The summed E-state index contributed by atoms with van der Waals surface area (Å²) < 4.78 is 102. The van der Waals surface area contributed by atoms with Crippen LogP contribution in [0.5, 0.6) is 0 Å². The van der Waals surface area contributed by atoms with Crippen LogP contribution in [0.4, 0.5) is 30.7 Å². The van der Waals surface area contributed by atoms with Crippen molar-refractivity contribution in [2.24, 2.45) is 0 Å². The third kappa shape index (κ3) is 4.49. The molecule has 6 aromatic rings. The van der Waals surface area contributed by atoms with Gasteiger partial charge in [-0.3, -0.25) is 4.68 Å². The Balaban J connectivity index is 1.55. The lowest BCUT2D eigenvalue weighted by Crippen LogP contribution is -2.09. The quantitative estimate of drug-likeness (QED) is 0.197. The van der Waals surface area contributed by atoms with E-state index < -0.39 is 46.8 Å². The Kier molecular flexibility index (Phi) is 6.13. The molecule has 0 bridgehead atoms. The molecule has 0 saturated heterocycles. The lowest BCUT2D eigenvalue weighted by molar-refractivity contribution is -0.136. The third-order valence-electron chi connectivity index (χ3n) is 6.83. The van der Waals surface area contributed by atoms with Gasteiger partial charge in [0.1, 0.15) is 28.8 Å². The van der Waals surface area contributed by atoms with Gasteiger partial charge in [-0.05, 0) is 29.7 Å². The first-order valence-corrected chi connectivity index (χ1v) is 12.1. The molecule has 0 atom stereocenters. The molecule has 0 fully saturated rings. The van der Waals surface area contributed by atoms with E-state index in [2.05, 4.69) is 5.10 Å². The monoisotopic (exact) mass is 553 g/mol. The van der Waals surface area contributed by atoms with Crippen molar-refractivity contribution in [3.05, 3.63) is 125 Å². The molecule has 0 amide bonds. The summed E-state index contributed by atoms with van der Waals surface area (Å²) in [4.78, 5) is 0. The number of nitrogens with zero attached hydrogens (tertiary/aromatic N) is 3. The molecule has 0 saturated carbocycles. The van der Waals surface area contributed by atoms with Gasteiger partial charge in [0.15, 0.2) is 0 Å². The first-order valence-electron chi connectivity index (χ1n) is 12.1. The highest BCUT2D eigenvalue weighted by Crippen LogP contribution is 2.39. The van der Waals surface area contributed by atoms with Crippen LogP contribution in [-0.2, 0) is 19.3 Å². The van der Waals surface area contributed by atoms with Crippen LogP contribution in [0.1, 0.15) is 16.7 Å². The summed E-state index contributed by atoms with van der Waals surface area (Å²) in [5.74, 6) is -3.88. The minimum Gasteiger partial charge on any atom is -0.343 e. The fourth-order valence-electron chi connectivity index (χ4n) is 4.95. The lowest BCUT2D eigenvalue weighted by Gasteiger charge is -2.12. The first kappa shape index (κ1) is 25.7. The van der Waals surface area contributed by atoms with Gasteiger partial charge < -0.3 is 4.57 Å². The smallest absolute Gasteiger partial charge is 0.343 e. The van der Waals surface area contributed by atoms with Crippen molar-refractivity contribution < 1.29 is 30.7 Å². The standard InChI is InChI=1S/C30H18F7N3/c31-20-13-25(33)22(26(34)14-20)16-40-29(21-5-3-6-23(28(21)38-40)30(35,36)37)18-9-8-17-10-11-39(27(17)12-18)15-19-4-1-2-7-24(19)32/h1-14H,15-16H2. The van der Waals surface area contributed by atoms with E-state index in [0.717, 1.165) is 16.1 Å². The number of alkyl halides is 3. The largest absolute Gasteiger partial charge is 0.418 e. The highest BCUT2D eigenvalue weighted by molar-refractivity contribution is 5.97. The third-order valence-corrected chi connectivity index (χ3v) is 6.83. The second kappa shape index (κ2) is 9.55. The number of hydrogen-bond acceptors (Lipinski definition) is 1. The normalized spacial score (nSPS) is 12.1. The van der Waals surface area contributed by atoms with Gasteiger partial charge in [-0.2, -0.15) is 18.3 Å². The molecule has 3 nitrogen and oxygen atoms in total. The Morgan fingerprint density at radius 2 is 1.48 bits per heavy atom. The number of rotatable bonds is 5. The number of fused-ring (bicyclic) bond motifs is 2. The van der Waals surface area contributed by atoms with E-state index in [4.69, 9.17) is 0 Å². The summed E-state index contributed by atoms with van der Waals surface area (Å²) in [5, 5.41) is 5.05. The van der Waals surface area contributed by atoms with Gasteiger partial charge in [0.25, 0.3) is 0 Å². The molecule has 40 heavy (non-hydrogen) atoms. The van der Waals surface area contributed by atoms with Crippen LogP contribution < -0.4 is 0 Å². The Morgan fingerprint density at radius 3 is 2.20 bits per heavy atom. The summed E-state index contributed by atoms with van der Waals surface area (Å²) in [6, 6.07) is 17.8. The molecule has 0 aliphatic rings. The molecule has 0 unspecified atom stereocenters. The van der Waals surface area contributed by atoms with Crippen molar-refractivity contribution in [2.75, 3.05) is 0 Å². The van der Waals surface area contributed by atoms with Crippen molar-refractivity contribution in [1.29, 1.82) is 0 Å². The number of hydrogen-bond donors (Lipinski definition) is 0. The molecule has 0 N–H and O–H groups in total. The number of benzene rings is 4. The predicted molar refractivity (Wildman–Crippen MR) is 137 cm³/mol. The second-order valence-corrected chi connectivity index (χ2v) is 9.36. The van der Waals surface area contributed by atoms with Crippen molar-refractivity contribution in [2.45, 2.75) is 19.3 Å². The molecule has 202 valence electrons. The number of aromatic nitrogens is 3. The minimum atomic E-state index is -4.74. The number of halogens is 7. The molecule has 0 aliphatic carbocycles. The van der Waals surface area contributed by atoms with Gasteiger partial charge in [-0.15, -0.1) is 0 Å². The Bertz CT molecular complexity index is 1880. The van der Waals surface area contributed by atoms with Crippen molar-refractivity contribution in [1.82, 2.24) is 14.3 Å². The van der Waals surface area contributed by atoms with Crippen molar-refractivity contribution in [3.63, 3.8) is 0 Å². The molecule has 10 heteroatoms. The molecular weight excluding hydrogens is 535 g/mol. The minimum absolute atomic E-state index is 0.115. The van der Waals surface area contributed by atoms with Crippen LogP contribution in [0.2, 0.25) is 0 Å². The predicted octanol–water partition coefficient (Wildman–Crippen LogP) is 8.33. The summed E-state index contributed by atoms with van der Waals surface area (Å²) >= 11 is 0. The van der Waals surface area contributed by atoms with Crippen LogP contribution >= 0.6 is 0 Å². The van der Waals surface area contributed by atoms with E-state index >= 15 is 0 Å². The highest BCUT2D eigenvalue weighted by atomic mass is 19.4. The molecular formula is C30H18F7N3. The summed E-state index contributed by atoms with van der Waals surface area (Å²) in [7, 11) is 0. The van der Waals surface area contributed by atoms with E-state index in [-0.39, 0.29) is 23.4 Å². The summed E-state index contributed by atoms with van der Waals surface area (Å²) in [6.45, 7) is -0.391. The van der Waals surface area contributed by atoms with Gasteiger partial charge in [0, 0.05) is 45.9 Å². The summed E-state index contributed by atoms with van der Waals surface area (Å²) in [6.07, 6.45) is -2.97. The molecule has 2 aromatic heterocycles. The van der Waals surface area contributed by atoms with Gasteiger partial charge >= 0.3 is 6.18 Å². The van der Waals surface area contributed by atoms with E-state index in [0.29, 0.717) is 28.8 Å². The molecule has 0 spiro atoms. The average molecular weight is 553 g/mol. The van der Waals surface area contributed by atoms with Crippen LogP contribution in [0, 0.1) is 23.3 Å².